The Morgan fingerprint density at radius 2 is 1.85 bits per heavy atom. The third-order valence-electron chi connectivity index (χ3n) is 4.01. The fraction of sp³-hybridized carbons (Fsp3) is 0.0588. The summed E-state index contributed by atoms with van der Waals surface area (Å²) in [5.41, 5.74) is 2.22. The molecule has 0 aliphatic heterocycles. The van der Waals surface area contributed by atoms with Gasteiger partial charge in [-0.05, 0) is 30.3 Å². The van der Waals surface area contributed by atoms with Crippen molar-refractivity contribution in [3.63, 3.8) is 0 Å². The van der Waals surface area contributed by atoms with E-state index >= 15 is 0 Å². The molecule has 132 valence electrons. The van der Waals surface area contributed by atoms with Crippen molar-refractivity contribution in [2.75, 3.05) is 0 Å². The van der Waals surface area contributed by atoms with Crippen LogP contribution >= 0.6 is 23.2 Å². The number of aromatic amines is 2. The summed E-state index contributed by atoms with van der Waals surface area (Å²) in [6, 6.07) is 10.1. The standard InChI is InChI=1S/C17H12Cl2N4O2S/c18-13-4-1-5-14(19)12(13)9-26(24,25)10-7-15(21-8-10)16-11-3-2-6-20-17(11)23-22-16/h1-8,21H,9H2,(H,20,22,23). The summed E-state index contributed by atoms with van der Waals surface area (Å²) in [6.45, 7) is 0. The van der Waals surface area contributed by atoms with Crippen LogP contribution in [0.15, 0.2) is 53.7 Å². The largest absolute Gasteiger partial charge is 0.359 e. The second-order valence-electron chi connectivity index (χ2n) is 5.68. The van der Waals surface area contributed by atoms with E-state index in [1.807, 2.05) is 6.07 Å². The van der Waals surface area contributed by atoms with Gasteiger partial charge >= 0.3 is 0 Å². The number of rotatable bonds is 4. The van der Waals surface area contributed by atoms with E-state index in [2.05, 4.69) is 20.2 Å². The van der Waals surface area contributed by atoms with Crippen LogP contribution in [-0.4, -0.2) is 28.6 Å². The average Bonchev–Trinajstić information content (AvgIpc) is 3.25. The molecule has 2 N–H and O–H groups in total. The fourth-order valence-corrected chi connectivity index (χ4v) is 4.78. The van der Waals surface area contributed by atoms with Gasteiger partial charge in [-0.15, -0.1) is 0 Å². The molecule has 4 aromatic rings. The second kappa shape index (κ2) is 6.42. The molecule has 1 aromatic carbocycles. The maximum atomic E-state index is 12.8. The van der Waals surface area contributed by atoms with Gasteiger partial charge in [-0.3, -0.25) is 5.10 Å². The minimum Gasteiger partial charge on any atom is -0.359 e. The van der Waals surface area contributed by atoms with E-state index < -0.39 is 9.84 Å². The van der Waals surface area contributed by atoms with Crippen LogP contribution in [0.4, 0.5) is 0 Å². The molecule has 0 spiro atoms. The van der Waals surface area contributed by atoms with Gasteiger partial charge in [-0.1, -0.05) is 29.3 Å². The van der Waals surface area contributed by atoms with Crippen molar-refractivity contribution >= 4 is 44.1 Å². The number of sulfone groups is 1. The van der Waals surface area contributed by atoms with Crippen molar-refractivity contribution in [3.05, 3.63) is 64.4 Å². The fourth-order valence-electron chi connectivity index (χ4n) is 2.70. The molecule has 0 bridgehead atoms. The molecule has 6 nitrogen and oxygen atoms in total. The molecule has 0 radical (unpaired) electrons. The van der Waals surface area contributed by atoms with Crippen LogP contribution in [0.1, 0.15) is 5.56 Å². The maximum absolute atomic E-state index is 12.8. The average molecular weight is 407 g/mol. The zero-order valence-electron chi connectivity index (χ0n) is 13.2. The van der Waals surface area contributed by atoms with Crippen molar-refractivity contribution in [2.24, 2.45) is 0 Å². The number of benzene rings is 1. The Bertz CT molecular complexity index is 1190. The number of aromatic nitrogens is 4. The van der Waals surface area contributed by atoms with Gasteiger partial charge in [0.05, 0.1) is 22.0 Å². The molecule has 0 saturated heterocycles. The van der Waals surface area contributed by atoms with Crippen LogP contribution in [0.5, 0.6) is 0 Å². The molecule has 26 heavy (non-hydrogen) atoms. The van der Waals surface area contributed by atoms with Gasteiger partial charge in [0.2, 0.25) is 0 Å². The van der Waals surface area contributed by atoms with Crippen LogP contribution < -0.4 is 0 Å². The number of nitrogens with one attached hydrogen (secondary N) is 2. The molecule has 4 rings (SSSR count). The Labute approximate surface area is 159 Å². The van der Waals surface area contributed by atoms with Crippen molar-refractivity contribution in [3.8, 4) is 11.4 Å². The van der Waals surface area contributed by atoms with Gasteiger partial charge in [0.25, 0.3) is 0 Å². The van der Waals surface area contributed by atoms with E-state index in [9.17, 15) is 8.42 Å². The first-order chi connectivity index (χ1) is 12.5. The van der Waals surface area contributed by atoms with Gasteiger partial charge in [0.15, 0.2) is 15.5 Å². The van der Waals surface area contributed by atoms with Crippen molar-refractivity contribution in [1.82, 2.24) is 20.2 Å². The smallest absolute Gasteiger partial charge is 0.184 e. The molecule has 0 aliphatic rings. The van der Waals surface area contributed by atoms with Crippen LogP contribution in [0, 0.1) is 0 Å². The summed E-state index contributed by atoms with van der Waals surface area (Å²) in [5.74, 6) is -0.284. The van der Waals surface area contributed by atoms with Crippen LogP contribution in [0.3, 0.4) is 0 Å². The molecule has 3 aromatic heterocycles. The Hall–Kier alpha value is -2.35. The van der Waals surface area contributed by atoms with Crippen molar-refractivity contribution in [2.45, 2.75) is 10.6 Å². The Kier molecular flexibility index (Phi) is 4.22. The molecular weight excluding hydrogens is 395 g/mol. The van der Waals surface area contributed by atoms with E-state index in [1.54, 1.807) is 36.5 Å². The minimum absolute atomic E-state index is 0.148. The van der Waals surface area contributed by atoms with E-state index in [1.165, 1.54) is 6.20 Å². The number of hydrogen-bond acceptors (Lipinski definition) is 4. The number of fused-ring (bicyclic) bond motifs is 1. The number of pyridine rings is 1. The number of nitrogens with zero attached hydrogens (tertiary/aromatic N) is 2. The highest BCUT2D eigenvalue weighted by atomic mass is 35.5. The highest BCUT2D eigenvalue weighted by Crippen LogP contribution is 2.30. The summed E-state index contributed by atoms with van der Waals surface area (Å²) in [7, 11) is -3.63. The first kappa shape index (κ1) is 17.1. The third kappa shape index (κ3) is 2.98. The summed E-state index contributed by atoms with van der Waals surface area (Å²) in [6.07, 6.45) is 3.09. The molecule has 0 saturated carbocycles. The highest BCUT2D eigenvalue weighted by molar-refractivity contribution is 7.90. The first-order valence-electron chi connectivity index (χ1n) is 7.59. The van der Waals surface area contributed by atoms with E-state index in [0.717, 1.165) is 5.39 Å². The van der Waals surface area contributed by atoms with E-state index in [0.29, 0.717) is 32.6 Å². The Morgan fingerprint density at radius 1 is 1.08 bits per heavy atom. The monoisotopic (exact) mass is 406 g/mol. The summed E-state index contributed by atoms with van der Waals surface area (Å²) < 4.78 is 25.6. The van der Waals surface area contributed by atoms with E-state index in [4.69, 9.17) is 23.2 Å². The predicted molar refractivity (Wildman–Crippen MR) is 101 cm³/mol. The van der Waals surface area contributed by atoms with E-state index in [-0.39, 0.29) is 10.6 Å². The quantitative estimate of drug-likeness (QED) is 0.530. The lowest BCUT2D eigenvalue weighted by Crippen LogP contribution is -2.05. The summed E-state index contributed by atoms with van der Waals surface area (Å²) in [5, 5.41) is 8.44. The summed E-state index contributed by atoms with van der Waals surface area (Å²) >= 11 is 12.2. The maximum Gasteiger partial charge on any atom is 0.184 e. The Balaban J connectivity index is 1.71. The zero-order valence-corrected chi connectivity index (χ0v) is 15.5. The van der Waals surface area contributed by atoms with Gasteiger partial charge in [-0.2, -0.15) is 5.10 Å². The molecule has 3 heterocycles. The first-order valence-corrected chi connectivity index (χ1v) is 10.00. The highest BCUT2D eigenvalue weighted by Gasteiger charge is 2.21. The molecule has 0 unspecified atom stereocenters. The SMILES string of the molecule is O=S(=O)(Cc1c(Cl)cccc1Cl)c1c[nH]c(-c2[nH]nc3ncccc23)c1. The molecule has 0 fully saturated rings. The Morgan fingerprint density at radius 3 is 2.62 bits per heavy atom. The molecule has 0 atom stereocenters. The van der Waals surface area contributed by atoms with Crippen molar-refractivity contribution < 1.29 is 8.42 Å². The molecule has 0 amide bonds. The number of hydrogen-bond donors (Lipinski definition) is 2. The lowest BCUT2D eigenvalue weighted by atomic mass is 10.2. The van der Waals surface area contributed by atoms with Crippen LogP contribution in [0.2, 0.25) is 10.0 Å². The predicted octanol–water partition coefficient (Wildman–Crippen LogP) is 4.23. The second-order valence-corrected chi connectivity index (χ2v) is 8.49. The lowest BCUT2D eigenvalue weighted by molar-refractivity contribution is 0.595. The molecular formula is C17H12Cl2N4O2S. The third-order valence-corrected chi connectivity index (χ3v) is 6.34. The van der Waals surface area contributed by atoms with Crippen LogP contribution in [0.25, 0.3) is 22.4 Å². The minimum atomic E-state index is -3.63. The van der Waals surface area contributed by atoms with Gasteiger partial charge in [0.1, 0.15) is 0 Å². The lowest BCUT2D eigenvalue weighted by Gasteiger charge is -2.06. The molecule has 0 aliphatic carbocycles. The number of halogens is 2. The van der Waals surface area contributed by atoms with Gasteiger partial charge < -0.3 is 4.98 Å². The zero-order chi connectivity index (χ0) is 18.3. The van der Waals surface area contributed by atoms with Crippen LogP contribution in [-0.2, 0) is 15.6 Å². The summed E-state index contributed by atoms with van der Waals surface area (Å²) in [4.78, 5) is 7.28. The number of H-pyrrole nitrogens is 2. The normalized spacial score (nSPS) is 11.9. The topological polar surface area (TPSA) is 91.5 Å². The van der Waals surface area contributed by atoms with Gasteiger partial charge in [0, 0.05) is 33.4 Å². The van der Waals surface area contributed by atoms with Gasteiger partial charge in [-0.25, -0.2) is 13.4 Å². The van der Waals surface area contributed by atoms with Crippen molar-refractivity contribution in [1.29, 1.82) is 0 Å². The molecule has 9 heteroatoms.